The van der Waals surface area contributed by atoms with Gasteiger partial charge in [-0.2, -0.15) is 0 Å². The third-order valence-corrected chi connectivity index (χ3v) is 4.91. The molecule has 5 nitrogen and oxygen atoms in total. The molecule has 0 aliphatic heterocycles. The van der Waals surface area contributed by atoms with Gasteiger partial charge >= 0.3 is 0 Å². The molecule has 0 saturated heterocycles. The van der Waals surface area contributed by atoms with E-state index in [1.165, 1.54) is 0 Å². The molecular formula is C24H28N4O. The van der Waals surface area contributed by atoms with Gasteiger partial charge in [0.1, 0.15) is 0 Å². The number of aryl methyl sites for hydroxylation is 1. The number of benzene rings is 2. The Morgan fingerprint density at radius 3 is 2.59 bits per heavy atom. The maximum absolute atomic E-state index is 13.2. The van der Waals surface area contributed by atoms with E-state index >= 15 is 0 Å². The zero-order valence-electron chi connectivity index (χ0n) is 17.2. The number of hydrogen-bond acceptors (Lipinski definition) is 5. The van der Waals surface area contributed by atoms with E-state index in [4.69, 9.17) is 5.73 Å². The molecule has 0 amide bonds. The average molecular weight is 389 g/mol. The van der Waals surface area contributed by atoms with Crippen molar-refractivity contribution in [1.82, 2.24) is 9.88 Å². The summed E-state index contributed by atoms with van der Waals surface area (Å²) >= 11 is 0. The highest BCUT2D eigenvalue weighted by atomic mass is 16.1. The van der Waals surface area contributed by atoms with Crippen LogP contribution in [0.4, 0.5) is 11.4 Å². The summed E-state index contributed by atoms with van der Waals surface area (Å²) in [7, 11) is 4.08. The molecule has 3 N–H and O–H groups in total. The number of nitrogens with two attached hydrogens (primary N) is 1. The summed E-state index contributed by atoms with van der Waals surface area (Å²) in [6.45, 7) is 2.87. The van der Waals surface area contributed by atoms with Crippen molar-refractivity contribution in [1.29, 1.82) is 0 Å². The van der Waals surface area contributed by atoms with Gasteiger partial charge in [-0.15, -0.1) is 0 Å². The number of hydrogen-bond donors (Lipinski definition) is 2. The monoisotopic (exact) mass is 388 g/mol. The highest BCUT2D eigenvalue weighted by Crippen LogP contribution is 2.30. The molecule has 2 aromatic carbocycles. The second kappa shape index (κ2) is 9.34. The van der Waals surface area contributed by atoms with Crippen molar-refractivity contribution in [2.24, 2.45) is 0 Å². The predicted molar refractivity (Wildman–Crippen MR) is 119 cm³/mol. The van der Waals surface area contributed by atoms with Crippen LogP contribution in [0.1, 0.15) is 39.5 Å². The maximum Gasteiger partial charge on any atom is 0.195 e. The fraction of sp³-hybridized carbons (Fsp3) is 0.250. The smallest absolute Gasteiger partial charge is 0.195 e. The molecule has 1 aromatic heterocycles. The van der Waals surface area contributed by atoms with Crippen LogP contribution in [0.2, 0.25) is 0 Å². The SMILES string of the molecule is Cc1ccc(NC(CCN(C)C)c2cnccc2N)c(C(=O)c2ccccc2)c1. The van der Waals surface area contributed by atoms with E-state index in [9.17, 15) is 4.79 Å². The van der Waals surface area contributed by atoms with E-state index in [0.29, 0.717) is 16.8 Å². The van der Waals surface area contributed by atoms with Crippen LogP contribution < -0.4 is 11.1 Å². The molecule has 0 aliphatic rings. The molecule has 0 bridgehead atoms. The van der Waals surface area contributed by atoms with E-state index in [0.717, 1.165) is 29.8 Å². The number of ketones is 1. The van der Waals surface area contributed by atoms with Gasteiger partial charge in [-0.3, -0.25) is 9.78 Å². The first-order valence-corrected chi connectivity index (χ1v) is 9.76. The molecular weight excluding hydrogens is 360 g/mol. The third-order valence-electron chi connectivity index (χ3n) is 4.91. The molecule has 29 heavy (non-hydrogen) atoms. The van der Waals surface area contributed by atoms with Gasteiger partial charge in [0.2, 0.25) is 0 Å². The van der Waals surface area contributed by atoms with Gasteiger partial charge in [0.25, 0.3) is 0 Å². The van der Waals surface area contributed by atoms with E-state index in [1.807, 2.05) is 75.6 Å². The quantitative estimate of drug-likeness (QED) is 0.563. The Balaban J connectivity index is 1.97. The highest BCUT2D eigenvalue weighted by Gasteiger charge is 2.19. The van der Waals surface area contributed by atoms with Crippen molar-refractivity contribution in [2.45, 2.75) is 19.4 Å². The molecule has 3 rings (SSSR count). The lowest BCUT2D eigenvalue weighted by Crippen LogP contribution is -2.22. The van der Waals surface area contributed by atoms with Crippen LogP contribution in [0.25, 0.3) is 0 Å². The van der Waals surface area contributed by atoms with Gasteiger partial charge in [0.05, 0.1) is 6.04 Å². The van der Waals surface area contributed by atoms with Crippen molar-refractivity contribution in [3.05, 3.63) is 89.2 Å². The number of anilines is 2. The van der Waals surface area contributed by atoms with Crippen LogP contribution >= 0.6 is 0 Å². The molecule has 0 saturated carbocycles. The van der Waals surface area contributed by atoms with Gasteiger partial charge in [0.15, 0.2) is 5.78 Å². The topological polar surface area (TPSA) is 71.2 Å². The molecule has 0 fully saturated rings. The molecule has 0 radical (unpaired) electrons. The highest BCUT2D eigenvalue weighted by molar-refractivity contribution is 6.12. The van der Waals surface area contributed by atoms with Crippen LogP contribution in [0.3, 0.4) is 0 Å². The zero-order chi connectivity index (χ0) is 20.8. The summed E-state index contributed by atoms with van der Waals surface area (Å²) in [4.78, 5) is 19.6. The fourth-order valence-electron chi connectivity index (χ4n) is 3.31. The second-order valence-electron chi connectivity index (χ2n) is 7.54. The van der Waals surface area contributed by atoms with Crippen molar-refractivity contribution in [3.8, 4) is 0 Å². The number of nitrogens with zero attached hydrogens (tertiary/aromatic N) is 2. The predicted octanol–water partition coefficient (Wildman–Crippen LogP) is 4.31. The Kier molecular flexibility index (Phi) is 6.62. The van der Waals surface area contributed by atoms with E-state index in [-0.39, 0.29) is 11.8 Å². The largest absolute Gasteiger partial charge is 0.398 e. The van der Waals surface area contributed by atoms with Crippen LogP contribution in [0.5, 0.6) is 0 Å². The van der Waals surface area contributed by atoms with Crippen molar-refractivity contribution in [3.63, 3.8) is 0 Å². The van der Waals surface area contributed by atoms with Gasteiger partial charge in [0, 0.05) is 40.5 Å². The normalized spacial score (nSPS) is 12.0. The minimum Gasteiger partial charge on any atom is -0.398 e. The van der Waals surface area contributed by atoms with Crippen LogP contribution in [-0.2, 0) is 0 Å². The van der Waals surface area contributed by atoms with Gasteiger partial charge in [-0.25, -0.2) is 0 Å². The van der Waals surface area contributed by atoms with Gasteiger partial charge < -0.3 is 16.0 Å². The van der Waals surface area contributed by atoms with Crippen LogP contribution in [0.15, 0.2) is 67.0 Å². The summed E-state index contributed by atoms with van der Waals surface area (Å²) in [6, 6.07) is 17.0. The summed E-state index contributed by atoms with van der Waals surface area (Å²) in [5, 5.41) is 3.57. The Morgan fingerprint density at radius 2 is 1.90 bits per heavy atom. The van der Waals surface area contributed by atoms with Gasteiger partial charge in [-0.05, 0) is 52.2 Å². The summed E-state index contributed by atoms with van der Waals surface area (Å²) < 4.78 is 0. The molecule has 3 aromatic rings. The minimum absolute atomic E-state index is 0.00215. The Morgan fingerprint density at radius 1 is 1.14 bits per heavy atom. The molecule has 5 heteroatoms. The summed E-state index contributed by atoms with van der Waals surface area (Å²) in [5.74, 6) is 0.00215. The number of carbonyl (C=O) groups is 1. The fourth-order valence-corrected chi connectivity index (χ4v) is 3.31. The van der Waals surface area contributed by atoms with E-state index < -0.39 is 0 Å². The minimum atomic E-state index is -0.0591. The Labute approximate surface area is 172 Å². The third kappa shape index (κ3) is 5.21. The second-order valence-corrected chi connectivity index (χ2v) is 7.54. The molecule has 1 atom stereocenters. The molecule has 150 valence electrons. The van der Waals surface area contributed by atoms with E-state index in [1.54, 1.807) is 12.4 Å². The van der Waals surface area contributed by atoms with E-state index in [2.05, 4.69) is 15.2 Å². The molecule has 1 heterocycles. The molecule has 0 spiro atoms. The lowest BCUT2D eigenvalue weighted by Gasteiger charge is -2.24. The van der Waals surface area contributed by atoms with Crippen molar-refractivity contribution in [2.75, 3.05) is 31.7 Å². The van der Waals surface area contributed by atoms with Crippen LogP contribution in [0, 0.1) is 6.92 Å². The summed E-state index contributed by atoms with van der Waals surface area (Å²) in [6.07, 6.45) is 4.32. The average Bonchev–Trinajstić information content (AvgIpc) is 2.72. The Bertz CT molecular complexity index is 970. The van der Waals surface area contributed by atoms with Gasteiger partial charge in [-0.1, -0.05) is 42.0 Å². The first kappa shape index (κ1) is 20.6. The first-order valence-electron chi connectivity index (χ1n) is 9.76. The molecule has 1 unspecified atom stereocenters. The van der Waals surface area contributed by atoms with Crippen molar-refractivity contribution >= 4 is 17.2 Å². The molecule has 0 aliphatic carbocycles. The summed E-state index contributed by atoms with van der Waals surface area (Å²) in [5.41, 5.74) is 11.0. The van der Waals surface area contributed by atoms with Crippen LogP contribution in [-0.4, -0.2) is 36.3 Å². The number of pyridine rings is 1. The number of nitrogen functional groups attached to an aromatic ring is 1. The standard InChI is InChI=1S/C24H28N4O/c1-17-9-10-22(19(15-17)24(29)18-7-5-4-6-8-18)27-23(12-14-28(2)3)20-16-26-13-11-21(20)25/h4-11,13,15-16,23,27H,12,14H2,1-3H3,(H2,25,26). The zero-order valence-corrected chi connectivity index (χ0v) is 17.2. The number of nitrogens with one attached hydrogen (secondary N) is 1. The maximum atomic E-state index is 13.2. The number of aromatic nitrogens is 1. The van der Waals surface area contributed by atoms with Crippen molar-refractivity contribution < 1.29 is 4.79 Å². The Hall–Kier alpha value is -3.18. The number of carbonyl (C=O) groups excluding carboxylic acids is 1. The number of rotatable bonds is 8. The first-order chi connectivity index (χ1) is 14.0. The lowest BCUT2D eigenvalue weighted by molar-refractivity contribution is 0.103. The lowest BCUT2D eigenvalue weighted by atomic mass is 9.97.